The lowest BCUT2D eigenvalue weighted by Crippen LogP contribution is -2.43. The predicted octanol–water partition coefficient (Wildman–Crippen LogP) is 5.75. The van der Waals surface area contributed by atoms with Gasteiger partial charge >= 0.3 is 0 Å². The van der Waals surface area contributed by atoms with Gasteiger partial charge in [0.25, 0.3) is 5.91 Å². The molecular weight excluding hydrogens is 412 g/mol. The van der Waals surface area contributed by atoms with Gasteiger partial charge in [0.05, 0.1) is 23.4 Å². The van der Waals surface area contributed by atoms with Crippen LogP contribution in [0.5, 0.6) is 5.75 Å². The van der Waals surface area contributed by atoms with Gasteiger partial charge < -0.3 is 15.0 Å². The van der Waals surface area contributed by atoms with E-state index in [2.05, 4.69) is 22.2 Å². The van der Waals surface area contributed by atoms with Crippen molar-refractivity contribution < 1.29 is 9.53 Å². The zero-order valence-corrected chi connectivity index (χ0v) is 18.9. The number of nitrogens with zero attached hydrogens (tertiary/aromatic N) is 3. The fraction of sp³-hybridized carbons (Fsp3) is 0.375. The summed E-state index contributed by atoms with van der Waals surface area (Å²) in [7, 11) is 1.58. The highest BCUT2D eigenvalue weighted by molar-refractivity contribution is 6.32. The second-order valence-corrected chi connectivity index (χ2v) is 8.31. The Morgan fingerprint density at radius 1 is 1.29 bits per heavy atom. The summed E-state index contributed by atoms with van der Waals surface area (Å²) < 4.78 is 5.26. The van der Waals surface area contributed by atoms with Gasteiger partial charge in [0.2, 0.25) is 0 Å². The van der Waals surface area contributed by atoms with E-state index in [1.54, 1.807) is 25.4 Å². The van der Waals surface area contributed by atoms with E-state index in [1.807, 2.05) is 30.0 Å². The molecule has 1 aliphatic heterocycles. The number of piperidine rings is 1. The number of benzene rings is 1. The van der Waals surface area contributed by atoms with E-state index in [4.69, 9.17) is 16.3 Å². The molecular formula is C24H27ClN4O2. The maximum Gasteiger partial charge on any atom is 0.257 e. The van der Waals surface area contributed by atoms with E-state index in [-0.39, 0.29) is 11.9 Å². The molecule has 3 aromatic rings. The van der Waals surface area contributed by atoms with Gasteiger partial charge in [-0.25, -0.2) is 9.97 Å². The van der Waals surface area contributed by atoms with Gasteiger partial charge in [-0.05, 0) is 62.9 Å². The van der Waals surface area contributed by atoms with Crippen LogP contribution < -0.4 is 10.1 Å². The Bertz CT molecular complexity index is 1120. The normalized spacial score (nSPS) is 16.4. The second kappa shape index (κ2) is 9.10. The number of methoxy groups -OCH3 is 1. The summed E-state index contributed by atoms with van der Waals surface area (Å²) in [5, 5.41) is 4.71. The third kappa shape index (κ3) is 4.30. The monoisotopic (exact) mass is 438 g/mol. The number of carbonyl (C=O) groups is 1. The van der Waals surface area contributed by atoms with Crippen LogP contribution in [0.4, 0.5) is 11.4 Å². The van der Waals surface area contributed by atoms with Gasteiger partial charge in [-0.1, -0.05) is 18.5 Å². The molecule has 0 saturated carbocycles. The van der Waals surface area contributed by atoms with E-state index < -0.39 is 0 Å². The first-order chi connectivity index (χ1) is 15.0. The highest BCUT2D eigenvalue weighted by atomic mass is 35.5. The standard InChI is InChI=1S/C24H27ClN4O2/c1-4-17-7-5-6-12-29(17)24(30)19-14-26-23-18(10-8-15(2)27-23)22(19)28-16-9-11-21(31-3)20(25)13-16/h8-11,13-14,17H,4-7,12H2,1-3H3,(H,26,27,28). The molecule has 1 N–H and O–H groups in total. The van der Waals surface area contributed by atoms with Crippen LogP contribution in [0.25, 0.3) is 11.0 Å². The van der Waals surface area contributed by atoms with Crippen molar-refractivity contribution in [3.63, 3.8) is 0 Å². The van der Waals surface area contributed by atoms with Crippen molar-refractivity contribution >= 4 is 39.9 Å². The number of nitrogens with one attached hydrogen (secondary N) is 1. The summed E-state index contributed by atoms with van der Waals surface area (Å²) >= 11 is 6.33. The Balaban J connectivity index is 1.80. The van der Waals surface area contributed by atoms with Crippen LogP contribution in [0.1, 0.15) is 48.7 Å². The van der Waals surface area contributed by atoms with Crippen LogP contribution in [0, 0.1) is 6.92 Å². The Labute approximate surface area is 187 Å². The lowest BCUT2D eigenvalue weighted by atomic mass is 9.98. The number of rotatable bonds is 5. The molecule has 1 aliphatic rings. The van der Waals surface area contributed by atoms with Crippen LogP contribution >= 0.6 is 11.6 Å². The molecule has 0 bridgehead atoms. The van der Waals surface area contributed by atoms with Crippen molar-refractivity contribution in [3.05, 3.63) is 52.8 Å². The molecule has 0 spiro atoms. The van der Waals surface area contributed by atoms with Crippen molar-refractivity contribution in [2.24, 2.45) is 0 Å². The Kier molecular flexibility index (Phi) is 6.28. The summed E-state index contributed by atoms with van der Waals surface area (Å²) in [6.07, 6.45) is 5.83. The third-order valence-corrected chi connectivity index (χ3v) is 6.18. The van der Waals surface area contributed by atoms with Gasteiger partial charge in [-0.2, -0.15) is 0 Å². The molecule has 1 amide bonds. The zero-order chi connectivity index (χ0) is 22.0. The van der Waals surface area contributed by atoms with Crippen molar-refractivity contribution in [1.82, 2.24) is 14.9 Å². The first-order valence-corrected chi connectivity index (χ1v) is 11.1. The second-order valence-electron chi connectivity index (χ2n) is 7.90. The number of pyridine rings is 2. The number of halogens is 1. The minimum Gasteiger partial charge on any atom is -0.495 e. The molecule has 162 valence electrons. The van der Waals surface area contributed by atoms with Gasteiger partial charge in [0, 0.05) is 35.6 Å². The van der Waals surface area contributed by atoms with Crippen molar-refractivity contribution in [1.29, 1.82) is 0 Å². The largest absolute Gasteiger partial charge is 0.495 e. The highest BCUT2D eigenvalue weighted by Gasteiger charge is 2.29. The van der Waals surface area contributed by atoms with E-state index in [0.717, 1.165) is 49.0 Å². The van der Waals surface area contributed by atoms with Gasteiger partial charge in [0.1, 0.15) is 5.75 Å². The molecule has 2 aromatic heterocycles. The number of carbonyl (C=O) groups excluding carboxylic acids is 1. The van der Waals surface area contributed by atoms with Crippen LogP contribution in [0.15, 0.2) is 36.5 Å². The van der Waals surface area contributed by atoms with Gasteiger partial charge in [-0.15, -0.1) is 0 Å². The van der Waals surface area contributed by atoms with Crippen molar-refractivity contribution in [3.8, 4) is 5.75 Å². The van der Waals surface area contributed by atoms with Crippen LogP contribution in [-0.4, -0.2) is 40.5 Å². The number of likely N-dealkylation sites (tertiary alicyclic amines) is 1. The van der Waals surface area contributed by atoms with E-state index >= 15 is 0 Å². The first kappa shape index (κ1) is 21.4. The topological polar surface area (TPSA) is 67.4 Å². The molecule has 6 nitrogen and oxygen atoms in total. The SMILES string of the molecule is CCC1CCCCN1C(=O)c1cnc2nc(C)ccc2c1Nc1ccc(OC)c(Cl)c1. The van der Waals surface area contributed by atoms with Gasteiger partial charge in [0.15, 0.2) is 5.65 Å². The Morgan fingerprint density at radius 2 is 2.13 bits per heavy atom. The smallest absolute Gasteiger partial charge is 0.257 e. The van der Waals surface area contributed by atoms with Crippen LogP contribution in [0.3, 0.4) is 0 Å². The van der Waals surface area contributed by atoms with Gasteiger partial charge in [-0.3, -0.25) is 4.79 Å². The number of aryl methyl sites for hydroxylation is 1. The summed E-state index contributed by atoms with van der Waals surface area (Å²) in [5.41, 5.74) is 3.48. The molecule has 3 heterocycles. The molecule has 1 saturated heterocycles. The third-order valence-electron chi connectivity index (χ3n) is 5.88. The first-order valence-electron chi connectivity index (χ1n) is 10.7. The van der Waals surface area contributed by atoms with Crippen molar-refractivity contribution in [2.45, 2.75) is 45.6 Å². The average molecular weight is 439 g/mol. The molecule has 4 rings (SSSR count). The highest BCUT2D eigenvalue weighted by Crippen LogP contribution is 2.34. The Morgan fingerprint density at radius 3 is 2.87 bits per heavy atom. The maximum absolute atomic E-state index is 13.6. The Hall–Kier alpha value is -2.86. The van der Waals surface area contributed by atoms with E-state index in [1.165, 1.54) is 0 Å². The predicted molar refractivity (Wildman–Crippen MR) is 125 cm³/mol. The van der Waals surface area contributed by atoms with E-state index in [9.17, 15) is 4.79 Å². The molecule has 1 unspecified atom stereocenters. The zero-order valence-electron chi connectivity index (χ0n) is 18.1. The molecule has 0 radical (unpaired) electrons. The molecule has 1 fully saturated rings. The number of hydrogen-bond acceptors (Lipinski definition) is 5. The number of anilines is 2. The minimum atomic E-state index is 0.00336. The lowest BCUT2D eigenvalue weighted by molar-refractivity contribution is 0.0609. The van der Waals surface area contributed by atoms with E-state index in [0.29, 0.717) is 27.7 Å². The molecule has 31 heavy (non-hydrogen) atoms. The summed E-state index contributed by atoms with van der Waals surface area (Å²) in [4.78, 5) is 24.7. The lowest BCUT2D eigenvalue weighted by Gasteiger charge is -2.35. The summed E-state index contributed by atoms with van der Waals surface area (Å²) in [6, 6.07) is 9.62. The quantitative estimate of drug-likeness (QED) is 0.549. The number of ether oxygens (including phenoxy) is 1. The number of amides is 1. The molecule has 1 atom stereocenters. The number of fused-ring (bicyclic) bond motifs is 1. The minimum absolute atomic E-state index is 0.00336. The summed E-state index contributed by atoms with van der Waals surface area (Å²) in [6.45, 7) is 4.84. The molecule has 7 heteroatoms. The number of aromatic nitrogens is 2. The summed E-state index contributed by atoms with van der Waals surface area (Å²) in [5.74, 6) is 0.600. The fourth-order valence-electron chi connectivity index (χ4n) is 4.20. The average Bonchev–Trinajstić information content (AvgIpc) is 2.78. The van der Waals surface area contributed by atoms with Crippen LogP contribution in [-0.2, 0) is 0 Å². The molecule has 0 aliphatic carbocycles. The van der Waals surface area contributed by atoms with Crippen LogP contribution in [0.2, 0.25) is 5.02 Å². The molecule has 1 aromatic carbocycles. The maximum atomic E-state index is 13.6. The number of hydrogen-bond donors (Lipinski definition) is 1. The van der Waals surface area contributed by atoms with Crippen molar-refractivity contribution in [2.75, 3.05) is 19.0 Å². The fourth-order valence-corrected chi connectivity index (χ4v) is 4.46.